The van der Waals surface area contributed by atoms with E-state index >= 15 is 0 Å². The van der Waals surface area contributed by atoms with Crippen molar-refractivity contribution in [3.63, 3.8) is 0 Å². The summed E-state index contributed by atoms with van der Waals surface area (Å²) in [4.78, 5) is 11.1. The minimum Gasteiger partial charge on any atom is -0.381 e. The van der Waals surface area contributed by atoms with E-state index in [2.05, 4.69) is 18.8 Å². The van der Waals surface area contributed by atoms with E-state index in [1.54, 1.807) is 6.92 Å². The fourth-order valence-electron chi connectivity index (χ4n) is 1.08. The van der Waals surface area contributed by atoms with E-state index in [-0.39, 0.29) is 5.91 Å². The van der Waals surface area contributed by atoms with Gasteiger partial charge in [-0.2, -0.15) is 0 Å². The Morgan fingerprint density at radius 3 is 2.53 bits per heavy atom. The molecule has 0 unspecified atom stereocenters. The molecule has 88 valence electrons. The molecule has 0 aromatic carbocycles. The van der Waals surface area contributed by atoms with Crippen LogP contribution in [0.5, 0.6) is 0 Å². The maximum atomic E-state index is 11.1. The summed E-state index contributed by atoms with van der Waals surface area (Å²) in [5.41, 5.74) is 0.555. The zero-order chi connectivity index (χ0) is 11.5. The van der Waals surface area contributed by atoms with E-state index < -0.39 is 0 Å². The number of amides is 1. The van der Waals surface area contributed by atoms with Crippen LogP contribution in [0.4, 0.5) is 0 Å². The number of hydrogen-bond donors (Lipinski definition) is 1. The highest BCUT2D eigenvalue weighted by atomic mass is 16.5. The van der Waals surface area contributed by atoms with Gasteiger partial charge >= 0.3 is 0 Å². The molecule has 0 aromatic heterocycles. The van der Waals surface area contributed by atoms with E-state index in [1.165, 1.54) is 12.8 Å². The molecule has 3 nitrogen and oxygen atoms in total. The summed E-state index contributed by atoms with van der Waals surface area (Å²) in [6.07, 6.45) is 4.45. The second-order valence-electron chi connectivity index (χ2n) is 3.71. The Morgan fingerprint density at radius 1 is 1.27 bits per heavy atom. The Kier molecular flexibility index (Phi) is 9.18. The largest absolute Gasteiger partial charge is 0.381 e. The zero-order valence-corrected chi connectivity index (χ0v) is 9.97. The molecular formula is C12H23NO2. The Morgan fingerprint density at radius 2 is 1.93 bits per heavy atom. The van der Waals surface area contributed by atoms with Crippen molar-refractivity contribution in [2.24, 2.45) is 0 Å². The van der Waals surface area contributed by atoms with Crippen LogP contribution in [0.3, 0.4) is 0 Å². The molecule has 3 heteroatoms. The van der Waals surface area contributed by atoms with E-state index in [4.69, 9.17) is 4.74 Å². The average Bonchev–Trinajstić information content (AvgIpc) is 2.21. The van der Waals surface area contributed by atoms with Crippen molar-refractivity contribution in [3.8, 4) is 0 Å². The molecule has 0 spiro atoms. The van der Waals surface area contributed by atoms with Gasteiger partial charge in [-0.05, 0) is 19.8 Å². The Hall–Kier alpha value is -0.830. The van der Waals surface area contributed by atoms with Crippen LogP contribution in [0.1, 0.15) is 39.5 Å². The monoisotopic (exact) mass is 213 g/mol. The number of ether oxygens (including phenoxy) is 1. The zero-order valence-electron chi connectivity index (χ0n) is 9.97. The topological polar surface area (TPSA) is 38.3 Å². The minimum absolute atomic E-state index is 0.0685. The molecule has 1 N–H and O–H groups in total. The van der Waals surface area contributed by atoms with E-state index in [0.717, 1.165) is 26.1 Å². The number of carbonyl (C=O) groups excluding carboxylic acids is 1. The smallest absolute Gasteiger partial charge is 0.246 e. The van der Waals surface area contributed by atoms with Crippen LogP contribution in [-0.4, -0.2) is 25.7 Å². The first-order valence-electron chi connectivity index (χ1n) is 5.70. The van der Waals surface area contributed by atoms with Crippen molar-refractivity contribution in [2.75, 3.05) is 19.8 Å². The Balaban J connectivity index is 3.11. The predicted octanol–water partition coefficient (Wildman–Crippen LogP) is 2.28. The van der Waals surface area contributed by atoms with Crippen molar-refractivity contribution in [3.05, 3.63) is 12.2 Å². The second kappa shape index (κ2) is 9.71. The molecule has 0 saturated carbocycles. The number of unbranched alkanes of at least 4 members (excludes halogenated alkanes) is 2. The summed E-state index contributed by atoms with van der Waals surface area (Å²) in [5, 5.41) is 2.77. The third-order valence-corrected chi connectivity index (χ3v) is 2.03. The fraction of sp³-hybridized carbons (Fsp3) is 0.750. The number of rotatable bonds is 9. The third kappa shape index (κ3) is 9.47. The maximum absolute atomic E-state index is 11.1. The van der Waals surface area contributed by atoms with Crippen molar-refractivity contribution >= 4 is 5.91 Å². The maximum Gasteiger partial charge on any atom is 0.246 e. The van der Waals surface area contributed by atoms with E-state index in [9.17, 15) is 4.79 Å². The summed E-state index contributed by atoms with van der Waals surface area (Å²) in [6, 6.07) is 0. The summed E-state index contributed by atoms with van der Waals surface area (Å²) in [7, 11) is 0. The van der Waals surface area contributed by atoms with Crippen LogP contribution in [0.15, 0.2) is 12.2 Å². The molecule has 0 bridgehead atoms. The molecule has 15 heavy (non-hydrogen) atoms. The summed E-state index contributed by atoms with van der Waals surface area (Å²) in [5.74, 6) is -0.0685. The molecule has 0 radical (unpaired) electrons. The Bertz CT molecular complexity index is 190. The minimum atomic E-state index is -0.0685. The number of nitrogens with one attached hydrogen (secondary N) is 1. The van der Waals surface area contributed by atoms with Crippen LogP contribution < -0.4 is 5.32 Å². The third-order valence-electron chi connectivity index (χ3n) is 2.03. The molecule has 0 aliphatic carbocycles. The molecule has 1 amide bonds. The van der Waals surface area contributed by atoms with Crippen LogP contribution in [0, 0.1) is 0 Å². The van der Waals surface area contributed by atoms with Gasteiger partial charge in [0.2, 0.25) is 5.91 Å². The van der Waals surface area contributed by atoms with Gasteiger partial charge in [0.15, 0.2) is 0 Å². The first kappa shape index (κ1) is 14.2. The van der Waals surface area contributed by atoms with Gasteiger partial charge in [0.1, 0.15) is 0 Å². The fourth-order valence-corrected chi connectivity index (χ4v) is 1.08. The van der Waals surface area contributed by atoms with Crippen molar-refractivity contribution < 1.29 is 9.53 Å². The van der Waals surface area contributed by atoms with Gasteiger partial charge in [-0.3, -0.25) is 4.79 Å². The van der Waals surface area contributed by atoms with Crippen LogP contribution >= 0.6 is 0 Å². The molecule has 0 fully saturated rings. The average molecular weight is 213 g/mol. The molecule has 0 aromatic rings. The normalized spacial score (nSPS) is 10.0. The molecule has 0 aliphatic heterocycles. The quantitative estimate of drug-likeness (QED) is 0.471. The lowest BCUT2D eigenvalue weighted by Crippen LogP contribution is -2.25. The highest BCUT2D eigenvalue weighted by molar-refractivity contribution is 5.91. The highest BCUT2D eigenvalue weighted by Crippen LogP contribution is 1.94. The lowest BCUT2D eigenvalue weighted by Gasteiger charge is -2.05. The summed E-state index contributed by atoms with van der Waals surface area (Å²) in [6.45, 7) is 9.66. The first-order chi connectivity index (χ1) is 7.18. The molecule has 0 rings (SSSR count). The number of carbonyl (C=O) groups is 1. The van der Waals surface area contributed by atoms with Gasteiger partial charge in [-0.15, -0.1) is 0 Å². The van der Waals surface area contributed by atoms with Gasteiger partial charge in [0.25, 0.3) is 0 Å². The van der Waals surface area contributed by atoms with Crippen molar-refractivity contribution in [1.29, 1.82) is 0 Å². The lowest BCUT2D eigenvalue weighted by atomic mass is 10.3. The van der Waals surface area contributed by atoms with Crippen LogP contribution in [0.25, 0.3) is 0 Å². The summed E-state index contributed by atoms with van der Waals surface area (Å²) < 4.78 is 5.40. The summed E-state index contributed by atoms with van der Waals surface area (Å²) >= 11 is 0. The van der Waals surface area contributed by atoms with Gasteiger partial charge in [-0.25, -0.2) is 0 Å². The second-order valence-corrected chi connectivity index (χ2v) is 3.71. The molecule has 0 saturated heterocycles. The van der Waals surface area contributed by atoms with Crippen LogP contribution in [-0.2, 0) is 9.53 Å². The van der Waals surface area contributed by atoms with E-state index in [0.29, 0.717) is 12.1 Å². The highest BCUT2D eigenvalue weighted by Gasteiger charge is 1.98. The molecule has 0 aliphatic rings. The van der Waals surface area contributed by atoms with Gasteiger partial charge in [0, 0.05) is 25.3 Å². The lowest BCUT2D eigenvalue weighted by molar-refractivity contribution is -0.117. The van der Waals surface area contributed by atoms with Crippen molar-refractivity contribution in [2.45, 2.75) is 39.5 Å². The molecular weight excluding hydrogens is 190 g/mol. The first-order valence-corrected chi connectivity index (χ1v) is 5.70. The van der Waals surface area contributed by atoms with Gasteiger partial charge in [-0.1, -0.05) is 26.3 Å². The predicted molar refractivity (Wildman–Crippen MR) is 62.8 cm³/mol. The van der Waals surface area contributed by atoms with E-state index in [1.807, 2.05) is 0 Å². The number of hydrogen-bond acceptors (Lipinski definition) is 2. The molecule has 0 heterocycles. The van der Waals surface area contributed by atoms with Gasteiger partial charge < -0.3 is 10.1 Å². The van der Waals surface area contributed by atoms with Crippen LogP contribution in [0.2, 0.25) is 0 Å². The standard InChI is InChI=1S/C12H23NO2/c1-4-5-6-9-15-10-7-8-13-12(14)11(2)3/h2,4-10H2,1,3H3,(H,13,14). The molecule has 0 atom stereocenters. The Labute approximate surface area is 92.9 Å². The van der Waals surface area contributed by atoms with Gasteiger partial charge in [0.05, 0.1) is 0 Å². The SMILES string of the molecule is C=C(C)C(=O)NCCCOCCCCC. The van der Waals surface area contributed by atoms with Crippen molar-refractivity contribution in [1.82, 2.24) is 5.32 Å².